The number of fused-ring (bicyclic) bond motifs is 1. The summed E-state index contributed by atoms with van der Waals surface area (Å²) in [4.78, 5) is 21.6. The van der Waals surface area contributed by atoms with E-state index in [9.17, 15) is 10.1 Å². The monoisotopic (exact) mass is 381 g/mol. The van der Waals surface area contributed by atoms with Crippen LogP contribution >= 0.6 is 11.6 Å². The van der Waals surface area contributed by atoms with Crippen LogP contribution in [0.25, 0.3) is 0 Å². The third-order valence-electron chi connectivity index (χ3n) is 4.53. The first-order valence-corrected chi connectivity index (χ1v) is 8.85. The van der Waals surface area contributed by atoms with Crippen LogP contribution in [0.3, 0.4) is 0 Å². The van der Waals surface area contributed by atoms with Gasteiger partial charge in [0, 0.05) is 23.8 Å². The molecule has 0 aliphatic carbocycles. The Morgan fingerprint density at radius 3 is 2.74 bits per heavy atom. The number of hydrogen-bond acceptors (Lipinski definition) is 6. The first kappa shape index (κ1) is 17.2. The number of hydrogen-bond donors (Lipinski definition) is 1. The van der Waals surface area contributed by atoms with Crippen LogP contribution in [0.4, 0.5) is 23.0 Å². The summed E-state index contributed by atoms with van der Waals surface area (Å²) in [5, 5.41) is 15.5. The molecule has 0 spiro atoms. The summed E-state index contributed by atoms with van der Waals surface area (Å²) in [5.41, 5.74) is 2.79. The number of rotatable bonds is 5. The van der Waals surface area contributed by atoms with Crippen molar-refractivity contribution in [3.05, 3.63) is 81.1 Å². The number of nitrogens with zero attached hydrogens (tertiary/aromatic N) is 4. The predicted octanol–water partition coefficient (Wildman–Crippen LogP) is 4.34. The summed E-state index contributed by atoms with van der Waals surface area (Å²) in [6, 6.07) is 15.2. The average Bonchev–Trinajstić information content (AvgIpc) is 3.11. The molecule has 0 amide bonds. The van der Waals surface area contributed by atoms with Gasteiger partial charge in [0.05, 0.1) is 4.92 Å². The summed E-state index contributed by atoms with van der Waals surface area (Å²) >= 11 is 6.17. The van der Waals surface area contributed by atoms with Crippen LogP contribution in [0.2, 0.25) is 5.02 Å². The second-order valence-electron chi connectivity index (χ2n) is 6.13. The van der Waals surface area contributed by atoms with Crippen LogP contribution in [0.15, 0.2) is 54.9 Å². The average molecular weight is 382 g/mol. The Balaban J connectivity index is 1.69. The van der Waals surface area contributed by atoms with Gasteiger partial charge in [0.25, 0.3) is 0 Å². The molecule has 3 aromatic rings. The zero-order valence-electron chi connectivity index (χ0n) is 14.3. The summed E-state index contributed by atoms with van der Waals surface area (Å²) in [7, 11) is 0. The second kappa shape index (κ2) is 7.20. The highest BCUT2D eigenvalue weighted by Gasteiger charge is 2.31. The van der Waals surface area contributed by atoms with Gasteiger partial charge in [0.1, 0.15) is 6.33 Å². The Kier molecular flexibility index (Phi) is 4.60. The van der Waals surface area contributed by atoms with Crippen molar-refractivity contribution in [1.82, 2.24) is 9.97 Å². The maximum atomic E-state index is 11.8. The molecule has 4 rings (SSSR count). The van der Waals surface area contributed by atoms with Crippen molar-refractivity contribution < 1.29 is 4.92 Å². The molecule has 0 atom stereocenters. The Bertz CT molecular complexity index is 1010. The molecule has 0 unspecified atom stereocenters. The first-order chi connectivity index (χ1) is 13.1. The number of nitrogens with one attached hydrogen (secondary N) is 1. The molecule has 1 aliphatic heterocycles. The normalized spacial score (nSPS) is 12.7. The van der Waals surface area contributed by atoms with Gasteiger partial charge in [0.2, 0.25) is 11.6 Å². The molecule has 2 aromatic carbocycles. The standard InChI is InChI=1S/C19H16ClN5O2/c20-15-7-3-1-6-14(15)11-21-18-17(25(26)27)19(23-12-22-18)24-10-9-13-5-2-4-8-16(13)24/h1-8,12H,9-11H2,(H,21,22,23). The van der Waals surface area contributed by atoms with Crippen molar-refractivity contribution in [2.24, 2.45) is 0 Å². The number of halogens is 1. The minimum atomic E-state index is -0.439. The largest absolute Gasteiger partial charge is 0.360 e. The molecule has 0 saturated heterocycles. The number of aromatic nitrogens is 2. The maximum Gasteiger partial charge on any atom is 0.353 e. The first-order valence-electron chi connectivity index (χ1n) is 8.47. The van der Waals surface area contributed by atoms with E-state index in [4.69, 9.17) is 11.6 Å². The van der Waals surface area contributed by atoms with E-state index in [1.54, 1.807) is 6.07 Å². The van der Waals surface area contributed by atoms with Gasteiger partial charge in [-0.15, -0.1) is 0 Å². The topological polar surface area (TPSA) is 84.2 Å². The molecule has 2 heterocycles. The van der Waals surface area contributed by atoms with E-state index >= 15 is 0 Å². The van der Waals surface area contributed by atoms with Crippen molar-refractivity contribution in [2.75, 3.05) is 16.8 Å². The number of nitro groups is 1. The van der Waals surface area contributed by atoms with Gasteiger partial charge in [-0.2, -0.15) is 0 Å². The molecule has 0 fully saturated rings. The third kappa shape index (κ3) is 3.29. The van der Waals surface area contributed by atoms with Crippen LogP contribution in [-0.4, -0.2) is 21.4 Å². The molecule has 7 nitrogen and oxygen atoms in total. The Labute approximate surface area is 160 Å². The molecule has 0 bridgehead atoms. The molecule has 136 valence electrons. The molecule has 0 radical (unpaired) electrons. The maximum absolute atomic E-state index is 11.8. The summed E-state index contributed by atoms with van der Waals surface area (Å²) < 4.78 is 0. The summed E-state index contributed by atoms with van der Waals surface area (Å²) in [6.45, 7) is 0.967. The van der Waals surface area contributed by atoms with Crippen LogP contribution < -0.4 is 10.2 Å². The smallest absolute Gasteiger partial charge is 0.353 e. The van der Waals surface area contributed by atoms with Gasteiger partial charge >= 0.3 is 5.69 Å². The zero-order valence-corrected chi connectivity index (χ0v) is 15.1. The summed E-state index contributed by atoms with van der Waals surface area (Å²) in [5.74, 6) is 0.468. The molecule has 1 N–H and O–H groups in total. The van der Waals surface area contributed by atoms with Crippen molar-refractivity contribution in [2.45, 2.75) is 13.0 Å². The van der Waals surface area contributed by atoms with E-state index in [1.807, 2.05) is 47.4 Å². The van der Waals surface area contributed by atoms with E-state index in [1.165, 1.54) is 6.33 Å². The van der Waals surface area contributed by atoms with Gasteiger partial charge in [-0.05, 0) is 29.7 Å². The highest BCUT2D eigenvalue weighted by molar-refractivity contribution is 6.31. The lowest BCUT2D eigenvalue weighted by Crippen LogP contribution is -2.18. The van der Waals surface area contributed by atoms with Crippen LogP contribution in [-0.2, 0) is 13.0 Å². The Morgan fingerprint density at radius 2 is 1.93 bits per heavy atom. The number of anilines is 3. The van der Waals surface area contributed by atoms with Crippen molar-refractivity contribution in [3.8, 4) is 0 Å². The molecule has 8 heteroatoms. The molecule has 0 saturated carbocycles. The fourth-order valence-corrected chi connectivity index (χ4v) is 3.45. The van der Waals surface area contributed by atoms with E-state index in [-0.39, 0.29) is 11.5 Å². The fraction of sp³-hybridized carbons (Fsp3) is 0.158. The molecule has 1 aromatic heterocycles. The van der Waals surface area contributed by atoms with Crippen molar-refractivity contribution >= 4 is 34.6 Å². The lowest BCUT2D eigenvalue weighted by Gasteiger charge is -2.19. The molecule has 27 heavy (non-hydrogen) atoms. The lowest BCUT2D eigenvalue weighted by molar-refractivity contribution is -0.383. The number of para-hydroxylation sites is 1. The Hall–Kier alpha value is -3.19. The fourth-order valence-electron chi connectivity index (χ4n) is 3.24. The van der Waals surface area contributed by atoms with Crippen molar-refractivity contribution in [3.63, 3.8) is 0 Å². The van der Waals surface area contributed by atoms with E-state index < -0.39 is 4.92 Å². The quantitative estimate of drug-likeness (QED) is 0.522. The van der Waals surface area contributed by atoms with E-state index in [2.05, 4.69) is 15.3 Å². The molecular formula is C19H16ClN5O2. The van der Waals surface area contributed by atoms with E-state index in [0.29, 0.717) is 23.9 Å². The second-order valence-corrected chi connectivity index (χ2v) is 6.53. The minimum Gasteiger partial charge on any atom is -0.360 e. The van der Waals surface area contributed by atoms with Gasteiger partial charge in [-0.1, -0.05) is 48.0 Å². The number of benzene rings is 2. The van der Waals surface area contributed by atoms with E-state index in [0.717, 1.165) is 23.2 Å². The minimum absolute atomic E-state index is 0.138. The molecular weight excluding hydrogens is 366 g/mol. The molecule has 1 aliphatic rings. The predicted molar refractivity (Wildman–Crippen MR) is 105 cm³/mol. The highest BCUT2D eigenvalue weighted by Crippen LogP contribution is 2.40. The summed E-state index contributed by atoms with van der Waals surface area (Å²) in [6.07, 6.45) is 2.16. The van der Waals surface area contributed by atoms with Gasteiger partial charge < -0.3 is 10.2 Å². The third-order valence-corrected chi connectivity index (χ3v) is 4.90. The van der Waals surface area contributed by atoms with Crippen LogP contribution in [0.5, 0.6) is 0 Å². The van der Waals surface area contributed by atoms with Crippen molar-refractivity contribution in [1.29, 1.82) is 0 Å². The highest BCUT2D eigenvalue weighted by atomic mass is 35.5. The lowest BCUT2D eigenvalue weighted by atomic mass is 10.2. The Morgan fingerprint density at radius 1 is 1.15 bits per heavy atom. The zero-order chi connectivity index (χ0) is 18.8. The van der Waals surface area contributed by atoms with Crippen LogP contribution in [0.1, 0.15) is 11.1 Å². The van der Waals surface area contributed by atoms with Gasteiger partial charge in [-0.3, -0.25) is 10.1 Å². The SMILES string of the molecule is O=[N+]([O-])c1c(NCc2ccccc2Cl)ncnc1N1CCc2ccccc21. The van der Waals surface area contributed by atoms with Gasteiger partial charge in [0.15, 0.2) is 0 Å². The van der Waals surface area contributed by atoms with Gasteiger partial charge in [-0.25, -0.2) is 9.97 Å². The van der Waals surface area contributed by atoms with Crippen LogP contribution in [0, 0.1) is 10.1 Å².